The number of fused-ring (bicyclic) bond motifs is 1. The zero-order valence-electron chi connectivity index (χ0n) is 21.8. The Morgan fingerprint density at radius 2 is 1.92 bits per heavy atom. The van der Waals surface area contributed by atoms with Crippen LogP contribution >= 0.6 is 0 Å². The van der Waals surface area contributed by atoms with E-state index < -0.39 is 5.82 Å². The number of nitrogens with zero attached hydrogens (tertiary/aromatic N) is 7. The predicted octanol–water partition coefficient (Wildman–Crippen LogP) is 3.42. The van der Waals surface area contributed by atoms with Crippen molar-refractivity contribution in [3.63, 3.8) is 0 Å². The molecule has 1 aliphatic carbocycles. The number of hydrogen-bond acceptors (Lipinski definition) is 7. The van der Waals surface area contributed by atoms with Gasteiger partial charge in [0.15, 0.2) is 0 Å². The molecule has 0 radical (unpaired) electrons. The highest BCUT2D eigenvalue weighted by Gasteiger charge is 2.43. The molecule has 6 rings (SSSR count). The zero-order chi connectivity index (χ0) is 26.1. The Labute approximate surface area is 222 Å². The number of ether oxygens (including phenoxy) is 1. The van der Waals surface area contributed by atoms with E-state index in [0.717, 1.165) is 48.7 Å². The number of amides is 1. The van der Waals surface area contributed by atoms with Crippen LogP contribution in [-0.2, 0) is 24.3 Å². The minimum Gasteiger partial charge on any atom is -0.493 e. The van der Waals surface area contributed by atoms with E-state index >= 15 is 0 Å². The molecule has 2 atom stereocenters. The summed E-state index contributed by atoms with van der Waals surface area (Å²) in [5, 5.41) is 4.13. The number of carbonyl (C=O) groups is 1. The van der Waals surface area contributed by atoms with Gasteiger partial charge in [0.1, 0.15) is 23.7 Å². The third-order valence-electron chi connectivity index (χ3n) is 8.26. The van der Waals surface area contributed by atoms with Gasteiger partial charge in [0, 0.05) is 38.1 Å². The second-order valence-electron chi connectivity index (χ2n) is 10.8. The summed E-state index contributed by atoms with van der Waals surface area (Å²) in [5.41, 5.74) is 1.47. The van der Waals surface area contributed by atoms with Gasteiger partial charge in [0.2, 0.25) is 11.9 Å². The Balaban J connectivity index is 0.921. The quantitative estimate of drug-likeness (QED) is 0.451. The van der Waals surface area contributed by atoms with Gasteiger partial charge in [0.25, 0.3) is 0 Å². The van der Waals surface area contributed by atoms with E-state index in [1.54, 1.807) is 21.7 Å². The highest BCUT2D eigenvalue weighted by Crippen LogP contribution is 2.49. The van der Waals surface area contributed by atoms with E-state index in [0.29, 0.717) is 43.5 Å². The van der Waals surface area contributed by atoms with Crippen LogP contribution in [0, 0.1) is 30.5 Å². The van der Waals surface area contributed by atoms with Crippen molar-refractivity contribution in [2.45, 2.75) is 52.1 Å². The van der Waals surface area contributed by atoms with Crippen LogP contribution in [0.1, 0.15) is 42.6 Å². The molecule has 38 heavy (non-hydrogen) atoms. The third kappa shape index (κ3) is 5.49. The fraction of sp³-hybridized carbons (Fsp3) is 0.536. The van der Waals surface area contributed by atoms with E-state index in [4.69, 9.17) is 4.74 Å². The normalized spacial score (nSPS) is 21.3. The van der Waals surface area contributed by atoms with Gasteiger partial charge in [-0.05, 0) is 67.6 Å². The Hall–Kier alpha value is -3.56. The van der Waals surface area contributed by atoms with Gasteiger partial charge in [0.05, 0.1) is 26.1 Å². The zero-order valence-corrected chi connectivity index (χ0v) is 21.8. The lowest BCUT2D eigenvalue weighted by atomic mass is 9.90. The average molecular weight is 520 g/mol. The van der Waals surface area contributed by atoms with Crippen molar-refractivity contribution >= 4 is 11.9 Å². The minimum absolute atomic E-state index is 0.0266. The summed E-state index contributed by atoms with van der Waals surface area (Å²) in [7, 11) is 0. The molecule has 0 unspecified atom stereocenters. The fourth-order valence-corrected chi connectivity index (χ4v) is 5.90. The fourth-order valence-electron chi connectivity index (χ4n) is 5.90. The Morgan fingerprint density at radius 1 is 1.11 bits per heavy atom. The Kier molecular flexibility index (Phi) is 6.95. The molecule has 3 aliphatic rings. The molecule has 2 aliphatic heterocycles. The van der Waals surface area contributed by atoms with Crippen LogP contribution in [0.2, 0.25) is 0 Å². The smallest absolute Gasteiger partial charge is 0.227 e. The van der Waals surface area contributed by atoms with Crippen molar-refractivity contribution in [3.8, 4) is 5.75 Å². The van der Waals surface area contributed by atoms with Crippen LogP contribution in [0.5, 0.6) is 5.75 Å². The lowest BCUT2D eigenvalue weighted by Gasteiger charge is -2.32. The number of halogens is 1. The van der Waals surface area contributed by atoms with Crippen LogP contribution in [0.25, 0.3) is 0 Å². The van der Waals surface area contributed by atoms with Crippen LogP contribution in [-0.4, -0.2) is 61.8 Å². The predicted molar refractivity (Wildman–Crippen MR) is 139 cm³/mol. The highest BCUT2D eigenvalue weighted by molar-refractivity contribution is 5.79. The second-order valence-corrected chi connectivity index (χ2v) is 10.8. The molecule has 3 aromatic rings. The molecular weight excluding hydrogens is 485 g/mol. The molecule has 1 saturated heterocycles. The molecule has 2 aromatic heterocycles. The second kappa shape index (κ2) is 10.7. The number of aromatic nitrogens is 5. The summed E-state index contributed by atoms with van der Waals surface area (Å²) in [5.74, 6) is 3.84. The van der Waals surface area contributed by atoms with Crippen molar-refractivity contribution in [2.24, 2.45) is 17.8 Å². The first kappa shape index (κ1) is 24.8. The molecule has 1 saturated carbocycles. The molecule has 2 fully saturated rings. The molecule has 10 heteroatoms. The van der Waals surface area contributed by atoms with E-state index in [-0.39, 0.29) is 12.3 Å². The summed E-state index contributed by atoms with van der Waals surface area (Å²) >= 11 is 0. The van der Waals surface area contributed by atoms with Crippen molar-refractivity contribution in [3.05, 3.63) is 59.7 Å². The van der Waals surface area contributed by atoms with Crippen molar-refractivity contribution in [1.82, 2.24) is 29.6 Å². The van der Waals surface area contributed by atoms with Gasteiger partial charge >= 0.3 is 0 Å². The van der Waals surface area contributed by atoms with Crippen molar-refractivity contribution in [2.75, 3.05) is 31.1 Å². The lowest BCUT2D eigenvalue weighted by molar-refractivity contribution is -0.132. The topological polar surface area (TPSA) is 89.3 Å². The van der Waals surface area contributed by atoms with E-state index in [9.17, 15) is 9.18 Å². The standard InChI is InChI=1S/C28H34FN7O2/c1-19-15-30-28(31-16-19)34-7-4-20(5-8-34)24-12-21(24)6-11-38-23-3-2-22(25(29)14-23)13-27(37)35-9-10-36-26(17-35)32-18-33-36/h2-3,14-16,18,20-21,24H,4-13,17H2,1H3/t21-,24-/m1/s1. The molecular formula is C28H34FN7O2. The highest BCUT2D eigenvalue weighted by atomic mass is 19.1. The molecule has 0 N–H and O–H groups in total. The number of hydrogen-bond donors (Lipinski definition) is 0. The summed E-state index contributed by atoms with van der Waals surface area (Å²) in [6.45, 7) is 6.20. The monoisotopic (exact) mass is 519 g/mol. The van der Waals surface area contributed by atoms with Crippen LogP contribution in [0.15, 0.2) is 36.9 Å². The summed E-state index contributed by atoms with van der Waals surface area (Å²) in [6.07, 6.45) is 9.91. The van der Waals surface area contributed by atoms with Crippen LogP contribution in [0.3, 0.4) is 0 Å². The first-order valence-electron chi connectivity index (χ1n) is 13.6. The Morgan fingerprint density at radius 3 is 2.71 bits per heavy atom. The van der Waals surface area contributed by atoms with Crippen LogP contribution < -0.4 is 9.64 Å². The maximum absolute atomic E-state index is 14.8. The molecule has 1 aromatic carbocycles. The van der Waals surface area contributed by atoms with E-state index in [1.807, 2.05) is 19.3 Å². The molecule has 1 amide bonds. The van der Waals surface area contributed by atoms with Crippen LogP contribution in [0.4, 0.5) is 10.3 Å². The van der Waals surface area contributed by atoms with Gasteiger partial charge < -0.3 is 14.5 Å². The first-order chi connectivity index (χ1) is 18.5. The molecule has 200 valence electrons. The van der Waals surface area contributed by atoms with Gasteiger partial charge in [-0.25, -0.2) is 24.0 Å². The summed E-state index contributed by atoms with van der Waals surface area (Å²) < 4.78 is 22.4. The lowest BCUT2D eigenvalue weighted by Crippen LogP contribution is -2.39. The summed E-state index contributed by atoms with van der Waals surface area (Å²) in [4.78, 5) is 29.8. The summed E-state index contributed by atoms with van der Waals surface area (Å²) in [6, 6.07) is 4.84. The maximum atomic E-state index is 14.8. The molecule has 0 bridgehead atoms. The van der Waals surface area contributed by atoms with Crippen molar-refractivity contribution in [1.29, 1.82) is 0 Å². The first-order valence-corrected chi connectivity index (χ1v) is 13.6. The number of benzene rings is 1. The molecule has 0 spiro atoms. The largest absolute Gasteiger partial charge is 0.493 e. The SMILES string of the molecule is Cc1cnc(N2CCC([C@H]3C[C@H]3CCOc3ccc(CC(=O)N4CCn5ncnc5C4)c(F)c3)CC2)nc1. The van der Waals surface area contributed by atoms with Gasteiger partial charge in [-0.1, -0.05) is 6.07 Å². The molecule has 9 nitrogen and oxygen atoms in total. The number of carbonyl (C=O) groups excluding carboxylic acids is 1. The van der Waals surface area contributed by atoms with Gasteiger partial charge in [-0.3, -0.25) is 4.79 Å². The van der Waals surface area contributed by atoms with Gasteiger partial charge in [-0.2, -0.15) is 5.10 Å². The van der Waals surface area contributed by atoms with E-state index in [2.05, 4.69) is 25.0 Å². The molecule has 4 heterocycles. The number of piperidine rings is 1. The van der Waals surface area contributed by atoms with Gasteiger partial charge in [-0.15, -0.1) is 0 Å². The minimum atomic E-state index is -0.398. The van der Waals surface area contributed by atoms with E-state index in [1.165, 1.54) is 31.7 Å². The van der Waals surface area contributed by atoms with Crippen molar-refractivity contribution < 1.29 is 13.9 Å². The Bertz CT molecular complexity index is 1270. The number of rotatable bonds is 8. The average Bonchev–Trinajstić information content (AvgIpc) is 3.55. The third-order valence-corrected chi connectivity index (χ3v) is 8.26. The number of aryl methyl sites for hydroxylation is 1. The number of anilines is 1. The maximum Gasteiger partial charge on any atom is 0.227 e.